The fraction of sp³-hybridized carbons (Fsp3) is 0.222. The van der Waals surface area contributed by atoms with Crippen LogP contribution in [0.15, 0.2) is 18.2 Å². The normalized spacial score (nSPS) is 15.2. The molecular formula is C9H8INO. The Kier molecular flexibility index (Phi) is 2.04. The lowest BCUT2D eigenvalue weighted by Gasteiger charge is -2.16. The van der Waals surface area contributed by atoms with Crippen LogP contribution in [0.25, 0.3) is 0 Å². The lowest BCUT2D eigenvalue weighted by molar-refractivity contribution is 0.0983. The van der Waals surface area contributed by atoms with Crippen LogP contribution >= 0.6 is 22.6 Å². The highest BCUT2D eigenvalue weighted by Gasteiger charge is 2.15. The number of rotatable bonds is 0. The number of nitrogens with one attached hydrogen (secondary N) is 1. The van der Waals surface area contributed by atoms with E-state index in [-0.39, 0.29) is 5.78 Å². The molecule has 0 atom stereocenters. The number of halogens is 1. The molecule has 0 radical (unpaired) electrons. The van der Waals surface area contributed by atoms with Crippen molar-refractivity contribution in [3.8, 4) is 0 Å². The Morgan fingerprint density at radius 2 is 2.25 bits per heavy atom. The fourth-order valence-corrected chi connectivity index (χ4v) is 1.84. The Balaban J connectivity index is 2.54. The molecule has 2 rings (SSSR count). The van der Waals surface area contributed by atoms with Gasteiger partial charge >= 0.3 is 0 Å². The van der Waals surface area contributed by atoms with Crippen LogP contribution in [-0.4, -0.2) is 12.3 Å². The molecular weight excluding hydrogens is 265 g/mol. The van der Waals surface area contributed by atoms with Crippen LogP contribution in [-0.2, 0) is 0 Å². The molecule has 12 heavy (non-hydrogen) atoms. The summed E-state index contributed by atoms with van der Waals surface area (Å²) in [5, 5.41) is 3.20. The maximum Gasteiger partial charge on any atom is 0.166 e. The van der Waals surface area contributed by atoms with Crippen LogP contribution in [0.5, 0.6) is 0 Å². The van der Waals surface area contributed by atoms with Crippen molar-refractivity contribution < 1.29 is 4.79 Å². The van der Waals surface area contributed by atoms with Crippen LogP contribution in [0.4, 0.5) is 5.69 Å². The third-order valence-corrected chi connectivity index (χ3v) is 2.62. The van der Waals surface area contributed by atoms with E-state index >= 15 is 0 Å². The van der Waals surface area contributed by atoms with Crippen LogP contribution in [0.2, 0.25) is 0 Å². The molecule has 1 aromatic rings. The third kappa shape index (κ3) is 1.33. The van der Waals surface area contributed by atoms with Gasteiger partial charge in [-0.25, -0.2) is 0 Å². The summed E-state index contributed by atoms with van der Waals surface area (Å²) in [5.74, 6) is 0.252. The quantitative estimate of drug-likeness (QED) is 0.735. The zero-order chi connectivity index (χ0) is 8.55. The van der Waals surface area contributed by atoms with Gasteiger partial charge in [-0.1, -0.05) is 0 Å². The Morgan fingerprint density at radius 3 is 3.08 bits per heavy atom. The minimum Gasteiger partial charge on any atom is -0.384 e. The zero-order valence-electron chi connectivity index (χ0n) is 6.43. The van der Waals surface area contributed by atoms with Gasteiger partial charge in [0.05, 0.1) is 0 Å². The van der Waals surface area contributed by atoms with Gasteiger partial charge < -0.3 is 5.32 Å². The predicted octanol–water partition coefficient (Wildman–Crippen LogP) is 2.29. The topological polar surface area (TPSA) is 29.1 Å². The standard InChI is InChI=1S/C9H8INO/c10-6-1-2-8-7(5-6)9(12)3-4-11-8/h1-2,5,11H,3-4H2. The van der Waals surface area contributed by atoms with Gasteiger partial charge in [0.25, 0.3) is 0 Å². The van der Waals surface area contributed by atoms with Crippen molar-refractivity contribution in [3.63, 3.8) is 0 Å². The highest BCUT2D eigenvalue weighted by atomic mass is 127. The maximum atomic E-state index is 11.4. The SMILES string of the molecule is O=C1CCNc2ccc(I)cc21. The molecule has 0 aromatic heterocycles. The number of hydrogen-bond donors (Lipinski definition) is 1. The summed E-state index contributed by atoms with van der Waals surface area (Å²) in [6.07, 6.45) is 0.618. The molecule has 3 heteroatoms. The van der Waals surface area contributed by atoms with Gasteiger partial charge in [0.15, 0.2) is 5.78 Å². The molecule has 0 bridgehead atoms. The van der Waals surface area contributed by atoms with Gasteiger partial charge in [-0.05, 0) is 40.8 Å². The van der Waals surface area contributed by atoms with Crippen molar-refractivity contribution in [2.45, 2.75) is 6.42 Å². The Hall–Kier alpha value is -0.580. The molecule has 0 amide bonds. The molecule has 1 aromatic carbocycles. The number of benzene rings is 1. The van der Waals surface area contributed by atoms with Gasteiger partial charge in [-0.2, -0.15) is 0 Å². The first-order chi connectivity index (χ1) is 5.77. The van der Waals surface area contributed by atoms with E-state index in [9.17, 15) is 4.79 Å². The third-order valence-electron chi connectivity index (χ3n) is 1.95. The molecule has 62 valence electrons. The van der Waals surface area contributed by atoms with Gasteiger partial charge in [-0.3, -0.25) is 4.79 Å². The number of fused-ring (bicyclic) bond motifs is 1. The van der Waals surface area contributed by atoms with E-state index in [1.165, 1.54) is 0 Å². The number of carbonyl (C=O) groups is 1. The second-order valence-electron chi connectivity index (χ2n) is 2.79. The first kappa shape index (κ1) is 8.04. The molecule has 1 aliphatic heterocycles. The number of ketones is 1. The molecule has 1 aliphatic rings. The van der Waals surface area contributed by atoms with Crippen molar-refractivity contribution in [1.29, 1.82) is 0 Å². The van der Waals surface area contributed by atoms with Crippen molar-refractivity contribution in [1.82, 2.24) is 0 Å². The minimum absolute atomic E-state index is 0.252. The molecule has 1 N–H and O–H groups in total. The van der Waals surface area contributed by atoms with E-state index in [1.54, 1.807) is 0 Å². The first-order valence-corrected chi connectivity index (χ1v) is 4.92. The maximum absolute atomic E-state index is 11.4. The minimum atomic E-state index is 0.252. The van der Waals surface area contributed by atoms with E-state index in [0.29, 0.717) is 6.42 Å². The Labute approximate surface area is 84.5 Å². The zero-order valence-corrected chi connectivity index (χ0v) is 8.59. The summed E-state index contributed by atoms with van der Waals surface area (Å²) in [5.41, 5.74) is 1.82. The number of anilines is 1. The van der Waals surface area contributed by atoms with Crippen molar-refractivity contribution >= 4 is 34.1 Å². The van der Waals surface area contributed by atoms with Crippen LogP contribution in [0, 0.1) is 3.57 Å². The van der Waals surface area contributed by atoms with E-state index in [1.807, 2.05) is 18.2 Å². The van der Waals surface area contributed by atoms with Crippen molar-refractivity contribution in [2.75, 3.05) is 11.9 Å². The average molecular weight is 273 g/mol. The molecule has 0 saturated heterocycles. The lowest BCUT2D eigenvalue weighted by atomic mass is 10.0. The summed E-state index contributed by atoms with van der Waals surface area (Å²) in [6, 6.07) is 5.91. The first-order valence-electron chi connectivity index (χ1n) is 3.84. The van der Waals surface area contributed by atoms with Crippen LogP contribution in [0.3, 0.4) is 0 Å². The molecule has 1 heterocycles. The van der Waals surface area contributed by atoms with Gasteiger partial charge in [0, 0.05) is 27.8 Å². The van der Waals surface area contributed by atoms with E-state index < -0.39 is 0 Å². The molecule has 0 fully saturated rings. The molecule has 0 unspecified atom stereocenters. The van der Waals surface area contributed by atoms with Gasteiger partial charge in [0.1, 0.15) is 0 Å². The Bertz CT molecular complexity index is 335. The second kappa shape index (κ2) is 3.05. The summed E-state index contributed by atoms with van der Waals surface area (Å²) >= 11 is 2.22. The number of carbonyl (C=O) groups excluding carboxylic acids is 1. The molecule has 0 spiro atoms. The highest BCUT2D eigenvalue weighted by molar-refractivity contribution is 14.1. The second-order valence-corrected chi connectivity index (χ2v) is 4.04. The van der Waals surface area contributed by atoms with E-state index in [0.717, 1.165) is 21.4 Å². The largest absolute Gasteiger partial charge is 0.384 e. The fourth-order valence-electron chi connectivity index (χ4n) is 1.35. The monoisotopic (exact) mass is 273 g/mol. The summed E-state index contributed by atoms with van der Waals surface area (Å²) in [4.78, 5) is 11.4. The van der Waals surface area contributed by atoms with E-state index in [2.05, 4.69) is 27.9 Å². The molecule has 0 aliphatic carbocycles. The smallest absolute Gasteiger partial charge is 0.166 e. The number of hydrogen-bond acceptors (Lipinski definition) is 2. The molecule has 0 saturated carbocycles. The lowest BCUT2D eigenvalue weighted by Crippen LogP contribution is -2.17. The van der Waals surface area contributed by atoms with Crippen molar-refractivity contribution in [2.24, 2.45) is 0 Å². The average Bonchev–Trinajstić information content (AvgIpc) is 2.07. The van der Waals surface area contributed by atoms with E-state index in [4.69, 9.17) is 0 Å². The number of Topliss-reactive ketones (excluding diaryl/α,β-unsaturated/α-hetero) is 1. The molecule has 2 nitrogen and oxygen atoms in total. The summed E-state index contributed by atoms with van der Waals surface area (Å²) < 4.78 is 1.11. The summed E-state index contributed by atoms with van der Waals surface area (Å²) in [7, 11) is 0. The summed E-state index contributed by atoms with van der Waals surface area (Å²) in [6.45, 7) is 0.770. The highest BCUT2D eigenvalue weighted by Crippen LogP contribution is 2.23. The van der Waals surface area contributed by atoms with Gasteiger partial charge in [-0.15, -0.1) is 0 Å². The van der Waals surface area contributed by atoms with Crippen molar-refractivity contribution in [3.05, 3.63) is 27.3 Å². The van der Waals surface area contributed by atoms with Crippen LogP contribution in [0.1, 0.15) is 16.8 Å². The predicted molar refractivity (Wildman–Crippen MR) is 56.6 cm³/mol. The van der Waals surface area contributed by atoms with Gasteiger partial charge in [0.2, 0.25) is 0 Å². The Morgan fingerprint density at radius 1 is 1.42 bits per heavy atom. The van der Waals surface area contributed by atoms with Crippen LogP contribution < -0.4 is 5.32 Å².